The van der Waals surface area contributed by atoms with Crippen LogP contribution in [0.1, 0.15) is 89.0 Å². The van der Waals surface area contributed by atoms with E-state index in [2.05, 4.69) is 142 Å². The molecule has 0 spiro atoms. The Morgan fingerprint density at radius 2 is 1.20 bits per heavy atom. The Morgan fingerprint density at radius 3 is 1.68 bits per heavy atom. The fourth-order valence-electron chi connectivity index (χ4n) is 8.51. The van der Waals surface area contributed by atoms with E-state index in [9.17, 15) is 0 Å². The molecule has 1 N–H and O–H groups in total. The molecule has 3 aromatic rings. The lowest BCUT2D eigenvalue weighted by atomic mass is 9.89. The van der Waals surface area contributed by atoms with Crippen LogP contribution in [0.2, 0.25) is 5.54 Å². The highest BCUT2D eigenvalue weighted by Gasteiger charge is 2.57. The SMILES string of the molecule is CCCCc1ccc([Si](NC(C)(C)C)(c2ccc(CCCC)cc2)C2CC(N3Cc4ccccc4C3)C3C=CC=CC32)cc1. The number of rotatable bonds is 11. The fourth-order valence-corrected chi connectivity index (χ4v) is 14.2. The molecule has 1 fully saturated rings. The van der Waals surface area contributed by atoms with E-state index in [4.69, 9.17) is 0 Å². The molecule has 2 nitrogen and oxygen atoms in total. The quantitative estimate of drug-likeness (QED) is 0.222. The third-order valence-electron chi connectivity index (χ3n) is 10.5. The Kier molecular flexibility index (Phi) is 9.47. The van der Waals surface area contributed by atoms with Crippen LogP contribution in [0.25, 0.3) is 0 Å². The molecule has 6 rings (SSSR count). The monoisotopic (exact) mass is 602 g/mol. The Labute approximate surface area is 268 Å². The molecule has 0 amide bonds. The summed E-state index contributed by atoms with van der Waals surface area (Å²) in [5, 5.41) is 3.09. The molecule has 3 aliphatic rings. The summed E-state index contributed by atoms with van der Waals surface area (Å²) >= 11 is 0. The van der Waals surface area contributed by atoms with Gasteiger partial charge in [0.05, 0.1) is 0 Å². The average Bonchev–Trinajstić information content (AvgIpc) is 3.64. The van der Waals surface area contributed by atoms with Crippen molar-refractivity contribution in [1.82, 2.24) is 9.88 Å². The molecule has 3 aromatic carbocycles. The van der Waals surface area contributed by atoms with Crippen LogP contribution in [0.4, 0.5) is 0 Å². The van der Waals surface area contributed by atoms with Gasteiger partial charge in [0.25, 0.3) is 0 Å². The van der Waals surface area contributed by atoms with E-state index in [1.54, 1.807) is 10.4 Å². The Bertz CT molecular complexity index is 1370. The third kappa shape index (κ3) is 6.34. The molecule has 232 valence electrons. The molecule has 3 heteroatoms. The second-order valence-corrected chi connectivity index (χ2v) is 18.6. The standard InChI is InChI=1S/C41H54N2Si/c1-6-8-14-31-20-24-35(25-21-31)44(42-41(3,4)5,36-26-22-32(23-27-36)15-9-7-2)40-28-39(37-18-12-13-19-38(37)40)43-29-33-16-10-11-17-34(33)30-43/h10-13,16-27,37-40,42H,6-9,14-15,28-30H2,1-5H3. The minimum atomic E-state index is -2.50. The zero-order chi connectivity index (χ0) is 30.7. The molecular weight excluding hydrogens is 549 g/mol. The molecule has 1 heterocycles. The van der Waals surface area contributed by atoms with Crippen LogP contribution >= 0.6 is 0 Å². The van der Waals surface area contributed by atoms with Crippen molar-refractivity contribution in [2.24, 2.45) is 11.8 Å². The van der Waals surface area contributed by atoms with Crippen molar-refractivity contribution >= 4 is 18.6 Å². The molecule has 0 bridgehead atoms. The Balaban J connectivity index is 1.46. The number of benzene rings is 3. The van der Waals surface area contributed by atoms with Gasteiger partial charge in [-0.15, -0.1) is 0 Å². The van der Waals surface area contributed by atoms with E-state index in [-0.39, 0.29) is 5.54 Å². The van der Waals surface area contributed by atoms with Gasteiger partial charge in [0.15, 0.2) is 8.24 Å². The first-order valence-corrected chi connectivity index (χ1v) is 19.5. The maximum Gasteiger partial charge on any atom is 0.194 e. The van der Waals surface area contributed by atoms with Gasteiger partial charge in [0.1, 0.15) is 0 Å². The van der Waals surface area contributed by atoms with Gasteiger partial charge in [0.2, 0.25) is 0 Å². The van der Waals surface area contributed by atoms with E-state index in [1.165, 1.54) is 67.2 Å². The van der Waals surface area contributed by atoms with Crippen molar-refractivity contribution in [3.8, 4) is 0 Å². The highest BCUT2D eigenvalue weighted by molar-refractivity contribution is 7.01. The lowest BCUT2D eigenvalue weighted by Gasteiger charge is -2.46. The van der Waals surface area contributed by atoms with E-state index in [0.29, 0.717) is 23.4 Å². The number of hydrogen-bond donors (Lipinski definition) is 1. The number of fused-ring (bicyclic) bond motifs is 2. The number of nitrogens with one attached hydrogen (secondary N) is 1. The average molecular weight is 603 g/mol. The van der Waals surface area contributed by atoms with Gasteiger partial charge in [-0.25, -0.2) is 0 Å². The minimum absolute atomic E-state index is 0.0142. The molecular formula is C41H54N2Si. The topological polar surface area (TPSA) is 15.3 Å². The molecule has 44 heavy (non-hydrogen) atoms. The zero-order valence-corrected chi connectivity index (χ0v) is 28.9. The van der Waals surface area contributed by atoms with Crippen molar-refractivity contribution in [3.05, 3.63) is 119 Å². The second kappa shape index (κ2) is 13.3. The van der Waals surface area contributed by atoms with E-state index in [0.717, 1.165) is 13.1 Å². The number of allylic oxidation sites excluding steroid dienone is 3. The fraction of sp³-hybridized carbons (Fsp3) is 0.463. The van der Waals surface area contributed by atoms with Crippen LogP contribution in [0.5, 0.6) is 0 Å². The van der Waals surface area contributed by atoms with Crippen LogP contribution in [0.15, 0.2) is 97.1 Å². The summed E-state index contributed by atoms with van der Waals surface area (Å²) in [6.45, 7) is 13.9. The van der Waals surface area contributed by atoms with Gasteiger partial charge >= 0.3 is 0 Å². The largest absolute Gasteiger partial charge is 0.325 e. The molecule has 1 saturated carbocycles. The highest BCUT2D eigenvalue weighted by Crippen LogP contribution is 2.52. The number of hydrogen-bond acceptors (Lipinski definition) is 2. The third-order valence-corrected chi connectivity index (χ3v) is 15.9. The maximum absolute atomic E-state index is 4.49. The molecule has 4 unspecified atom stereocenters. The molecule has 4 atom stereocenters. The summed E-state index contributed by atoms with van der Waals surface area (Å²) in [5.74, 6) is 1.07. The second-order valence-electron chi connectivity index (χ2n) is 14.8. The van der Waals surface area contributed by atoms with Gasteiger partial charge in [-0.1, -0.05) is 124 Å². The van der Waals surface area contributed by atoms with Crippen molar-refractivity contribution in [1.29, 1.82) is 0 Å². The van der Waals surface area contributed by atoms with Crippen LogP contribution in [-0.2, 0) is 25.9 Å². The normalized spacial score (nSPS) is 23.2. The van der Waals surface area contributed by atoms with E-state index < -0.39 is 8.24 Å². The summed E-state index contributed by atoms with van der Waals surface area (Å²) in [7, 11) is -2.50. The van der Waals surface area contributed by atoms with Crippen LogP contribution in [-0.4, -0.2) is 24.7 Å². The van der Waals surface area contributed by atoms with Crippen LogP contribution < -0.4 is 15.4 Å². The predicted molar refractivity (Wildman–Crippen MR) is 191 cm³/mol. The van der Waals surface area contributed by atoms with Gasteiger partial charge in [-0.2, -0.15) is 0 Å². The van der Waals surface area contributed by atoms with Gasteiger partial charge in [-0.05, 0) is 103 Å². The van der Waals surface area contributed by atoms with Crippen molar-refractivity contribution in [2.45, 2.75) is 110 Å². The molecule has 2 aliphatic carbocycles. The molecule has 0 radical (unpaired) electrons. The van der Waals surface area contributed by atoms with Crippen LogP contribution in [0.3, 0.4) is 0 Å². The lowest BCUT2D eigenvalue weighted by molar-refractivity contribution is 0.171. The van der Waals surface area contributed by atoms with Crippen molar-refractivity contribution in [2.75, 3.05) is 0 Å². The first-order valence-electron chi connectivity index (χ1n) is 17.5. The molecule has 0 aromatic heterocycles. The van der Waals surface area contributed by atoms with Crippen molar-refractivity contribution in [3.63, 3.8) is 0 Å². The molecule has 1 aliphatic heterocycles. The van der Waals surface area contributed by atoms with Gasteiger partial charge in [0, 0.05) is 24.7 Å². The number of unbranched alkanes of at least 4 members (excludes halogenated alkanes) is 2. The maximum atomic E-state index is 4.49. The van der Waals surface area contributed by atoms with E-state index in [1.807, 2.05) is 0 Å². The van der Waals surface area contributed by atoms with E-state index >= 15 is 0 Å². The first kappa shape index (κ1) is 31.3. The minimum Gasteiger partial charge on any atom is -0.325 e. The number of aryl methyl sites for hydroxylation is 2. The van der Waals surface area contributed by atoms with Crippen molar-refractivity contribution < 1.29 is 0 Å². The predicted octanol–water partition coefficient (Wildman–Crippen LogP) is 8.34. The molecule has 0 saturated heterocycles. The summed E-state index contributed by atoms with van der Waals surface area (Å²) in [6.07, 6.45) is 18.3. The van der Waals surface area contributed by atoms with Gasteiger partial charge < -0.3 is 4.98 Å². The smallest absolute Gasteiger partial charge is 0.194 e. The zero-order valence-electron chi connectivity index (χ0n) is 27.9. The number of nitrogens with zero attached hydrogens (tertiary/aromatic N) is 1. The Hall–Kier alpha value is -2.72. The summed E-state index contributed by atoms with van der Waals surface area (Å²) in [4.78, 5) is 7.30. The first-order chi connectivity index (χ1) is 21.3. The Morgan fingerprint density at radius 1 is 0.705 bits per heavy atom. The summed E-state index contributed by atoms with van der Waals surface area (Å²) < 4.78 is 0. The summed E-state index contributed by atoms with van der Waals surface area (Å²) in [5.41, 5.74) is 6.52. The highest BCUT2D eigenvalue weighted by atomic mass is 28.3. The lowest BCUT2D eigenvalue weighted by Crippen LogP contribution is -2.75. The summed E-state index contributed by atoms with van der Waals surface area (Å²) in [6, 6.07) is 29.6. The van der Waals surface area contributed by atoms with Crippen LogP contribution in [0, 0.1) is 11.8 Å². The van der Waals surface area contributed by atoms with Gasteiger partial charge in [-0.3, -0.25) is 4.90 Å².